The summed E-state index contributed by atoms with van der Waals surface area (Å²) < 4.78 is 63.6. The number of amidine groups is 2. The molecule has 2 aromatic carbocycles. The van der Waals surface area contributed by atoms with Crippen molar-refractivity contribution >= 4 is 44.3 Å². The van der Waals surface area contributed by atoms with Gasteiger partial charge >= 0.3 is 29.6 Å². The SMILES string of the molecule is NC(=N\N=C/c1ccccc1S(=O)(=O)O)/C(N)=N\N=C/c1ccccc1S(=O)(=O)O.[Na+]. The van der Waals surface area contributed by atoms with Gasteiger partial charge in [-0.05, 0) is 12.1 Å². The molecule has 12 nitrogen and oxygen atoms in total. The number of nitrogens with two attached hydrogens (primary N) is 2. The summed E-state index contributed by atoms with van der Waals surface area (Å²) in [4.78, 5) is -0.738. The molecular formula is C16H16N6NaO6S2+. The van der Waals surface area contributed by atoms with E-state index in [1.165, 1.54) is 48.5 Å². The molecular weight excluding hydrogens is 459 g/mol. The average Bonchev–Trinajstić information content (AvgIpc) is 2.67. The summed E-state index contributed by atoms with van der Waals surface area (Å²) in [7, 11) is -8.90. The van der Waals surface area contributed by atoms with E-state index < -0.39 is 20.2 Å². The van der Waals surface area contributed by atoms with Crippen LogP contribution >= 0.6 is 0 Å². The van der Waals surface area contributed by atoms with E-state index in [1.54, 1.807) is 0 Å². The standard InChI is InChI=1S/C16H16N6O6S2.Na/c17-15(21-19-9-11-5-1-3-7-13(11)29(23,24)25)16(18)22-20-10-12-6-2-4-8-14(12)30(26,27)28;/h1-10H,(H2,17,21)(H2,18,22)(H,23,24,25)(H,26,27,28);/q;+1/b19-9-,20-10-;. The van der Waals surface area contributed by atoms with Crippen molar-refractivity contribution in [3.05, 3.63) is 59.7 Å². The molecule has 0 saturated carbocycles. The van der Waals surface area contributed by atoms with Crippen molar-refractivity contribution in [2.24, 2.45) is 31.9 Å². The summed E-state index contributed by atoms with van der Waals surface area (Å²) in [6.07, 6.45) is 2.07. The Morgan fingerprint density at radius 2 is 1.03 bits per heavy atom. The molecule has 0 atom stereocenters. The van der Waals surface area contributed by atoms with Gasteiger partial charge < -0.3 is 11.5 Å². The smallest absolute Gasteiger partial charge is 0.379 e. The van der Waals surface area contributed by atoms with E-state index in [4.69, 9.17) is 20.6 Å². The van der Waals surface area contributed by atoms with Crippen molar-refractivity contribution in [2.45, 2.75) is 9.79 Å². The summed E-state index contributed by atoms with van der Waals surface area (Å²) in [6.45, 7) is 0. The van der Waals surface area contributed by atoms with Crippen LogP contribution in [0.2, 0.25) is 0 Å². The molecule has 0 saturated heterocycles. The maximum atomic E-state index is 11.3. The Labute approximate surface area is 200 Å². The number of rotatable bonds is 6. The molecule has 0 bridgehead atoms. The van der Waals surface area contributed by atoms with Gasteiger partial charge in [0.25, 0.3) is 20.2 Å². The van der Waals surface area contributed by atoms with E-state index in [2.05, 4.69) is 20.4 Å². The van der Waals surface area contributed by atoms with Crippen molar-refractivity contribution in [3.8, 4) is 0 Å². The Balaban J connectivity index is 0.00000480. The zero-order valence-electron chi connectivity index (χ0n) is 16.1. The van der Waals surface area contributed by atoms with Gasteiger partial charge in [0.15, 0.2) is 11.7 Å². The molecule has 0 aliphatic rings. The topological polar surface area (TPSA) is 210 Å². The summed E-state index contributed by atoms with van der Waals surface area (Å²) in [6, 6.07) is 11.0. The van der Waals surface area contributed by atoms with E-state index >= 15 is 0 Å². The number of benzene rings is 2. The molecule has 2 rings (SSSR count). The van der Waals surface area contributed by atoms with Crippen LogP contribution in [0.4, 0.5) is 0 Å². The third kappa shape index (κ3) is 7.95. The van der Waals surface area contributed by atoms with Crippen LogP contribution in [0, 0.1) is 0 Å². The summed E-state index contributed by atoms with van der Waals surface area (Å²) in [5.41, 5.74) is 11.3. The Morgan fingerprint density at radius 1 is 0.710 bits per heavy atom. The second kappa shape index (κ2) is 11.2. The molecule has 0 amide bonds. The van der Waals surface area contributed by atoms with Gasteiger partial charge in [-0.3, -0.25) is 9.11 Å². The molecule has 0 unspecified atom stereocenters. The van der Waals surface area contributed by atoms with E-state index in [0.29, 0.717) is 0 Å². The Kier molecular flexibility index (Phi) is 9.64. The van der Waals surface area contributed by atoms with Crippen molar-refractivity contribution in [2.75, 3.05) is 0 Å². The zero-order valence-corrected chi connectivity index (χ0v) is 19.7. The van der Waals surface area contributed by atoms with Crippen LogP contribution in [-0.4, -0.2) is 50.0 Å². The molecule has 158 valence electrons. The molecule has 0 aromatic heterocycles. The molecule has 2 aromatic rings. The summed E-state index contributed by atoms with van der Waals surface area (Å²) in [5, 5.41) is 14.3. The van der Waals surface area contributed by atoms with Crippen molar-refractivity contribution < 1.29 is 55.5 Å². The fraction of sp³-hybridized carbons (Fsp3) is 0. The monoisotopic (exact) mass is 475 g/mol. The average molecular weight is 475 g/mol. The molecule has 31 heavy (non-hydrogen) atoms. The molecule has 0 aliphatic heterocycles. The second-order valence-corrected chi connectivity index (χ2v) is 8.27. The number of hydrogen-bond acceptors (Lipinski definition) is 8. The van der Waals surface area contributed by atoms with Gasteiger partial charge in [-0.15, -0.1) is 10.2 Å². The van der Waals surface area contributed by atoms with Crippen LogP contribution in [-0.2, 0) is 20.2 Å². The Bertz CT molecular complexity index is 1170. The van der Waals surface area contributed by atoms with Crippen LogP contribution in [0.3, 0.4) is 0 Å². The van der Waals surface area contributed by atoms with Crippen LogP contribution in [0.25, 0.3) is 0 Å². The van der Waals surface area contributed by atoms with Gasteiger partial charge in [-0.1, -0.05) is 36.4 Å². The van der Waals surface area contributed by atoms with Crippen molar-refractivity contribution in [3.63, 3.8) is 0 Å². The Hall–Kier alpha value is -2.46. The number of hydrogen-bond donors (Lipinski definition) is 4. The fourth-order valence-electron chi connectivity index (χ4n) is 2.05. The van der Waals surface area contributed by atoms with Crippen LogP contribution in [0.15, 0.2) is 78.7 Å². The maximum absolute atomic E-state index is 11.3. The normalized spacial score (nSPS) is 13.5. The third-order valence-electron chi connectivity index (χ3n) is 3.38. The van der Waals surface area contributed by atoms with Crippen molar-refractivity contribution in [1.29, 1.82) is 0 Å². The summed E-state index contributed by atoms with van der Waals surface area (Å²) in [5.74, 6) is -0.730. The number of nitrogens with zero attached hydrogens (tertiary/aromatic N) is 4. The largest absolute Gasteiger partial charge is 1.00 e. The van der Waals surface area contributed by atoms with Gasteiger partial charge in [-0.2, -0.15) is 27.0 Å². The van der Waals surface area contributed by atoms with Crippen LogP contribution in [0.1, 0.15) is 11.1 Å². The first-order valence-corrected chi connectivity index (χ1v) is 10.7. The second-order valence-electron chi connectivity index (χ2n) is 5.49. The van der Waals surface area contributed by atoms with E-state index in [-0.39, 0.29) is 62.1 Å². The van der Waals surface area contributed by atoms with Gasteiger partial charge in [-0.25, -0.2) is 0 Å². The van der Waals surface area contributed by atoms with Gasteiger partial charge in [0.05, 0.1) is 12.4 Å². The van der Waals surface area contributed by atoms with Gasteiger partial charge in [0.1, 0.15) is 9.79 Å². The quantitative estimate of drug-likeness (QED) is 0.113. The molecule has 0 heterocycles. The molecule has 0 fully saturated rings. The van der Waals surface area contributed by atoms with E-state index in [9.17, 15) is 16.8 Å². The van der Waals surface area contributed by atoms with Crippen molar-refractivity contribution in [1.82, 2.24) is 0 Å². The van der Waals surface area contributed by atoms with E-state index in [1.807, 2.05) is 0 Å². The minimum absolute atomic E-state index is 0. The first-order valence-electron chi connectivity index (χ1n) is 7.86. The molecule has 0 aliphatic carbocycles. The maximum Gasteiger partial charge on any atom is 1.00 e. The van der Waals surface area contributed by atoms with Crippen LogP contribution < -0.4 is 41.0 Å². The first-order chi connectivity index (χ1) is 14.0. The van der Waals surface area contributed by atoms with E-state index in [0.717, 1.165) is 12.4 Å². The van der Waals surface area contributed by atoms with Gasteiger partial charge in [0.2, 0.25) is 0 Å². The Morgan fingerprint density at radius 3 is 1.35 bits per heavy atom. The molecule has 0 radical (unpaired) electrons. The predicted octanol–water partition coefficient (Wildman–Crippen LogP) is -2.73. The first kappa shape index (κ1) is 26.6. The minimum atomic E-state index is -4.45. The molecule has 0 spiro atoms. The van der Waals surface area contributed by atoms with Gasteiger partial charge in [0, 0.05) is 11.1 Å². The molecule has 6 N–H and O–H groups in total. The minimum Gasteiger partial charge on any atom is -0.379 e. The summed E-state index contributed by atoms with van der Waals surface area (Å²) >= 11 is 0. The van der Waals surface area contributed by atoms with Crippen LogP contribution in [0.5, 0.6) is 0 Å². The molecule has 15 heteroatoms. The predicted molar refractivity (Wildman–Crippen MR) is 111 cm³/mol. The fourth-order valence-corrected chi connectivity index (χ4v) is 3.39. The third-order valence-corrected chi connectivity index (χ3v) is 5.24. The zero-order chi connectivity index (χ0) is 22.4.